The molecule has 0 bridgehead atoms. The largest absolute Gasteiger partial charge is 0.396 e. The molecule has 0 fully saturated rings. The van der Waals surface area contributed by atoms with Crippen molar-refractivity contribution in [1.29, 1.82) is 0 Å². The molecule has 0 unspecified atom stereocenters. The van der Waals surface area contributed by atoms with Crippen LogP contribution in [0.4, 0.5) is 0 Å². The maximum absolute atomic E-state index is 10.1. The standard InChI is InChI=1S/C36H42O6/c1-38-34(28-39-24-29-14-6-2-7-15-29)36(42-27-32-20-12-5-13-21-32)35(41-26-31-18-10-4-11-19-31)33(22-23-37)40-25-30-16-8-3-9-17-30/h2-21,33-37H,22-28H2,1H3/t33-,34+,35+,36-/m0/s1. The molecule has 4 rings (SSSR count). The van der Waals surface area contributed by atoms with Crippen LogP contribution in [-0.4, -0.2) is 49.8 Å². The lowest BCUT2D eigenvalue weighted by molar-refractivity contribution is -0.195. The van der Waals surface area contributed by atoms with E-state index in [4.69, 9.17) is 23.7 Å². The van der Waals surface area contributed by atoms with Gasteiger partial charge in [0.05, 0.1) is 39.1 Å². The molecular formula is C36H42O6. The van der Waals surface area contributed by atoms with Crippen LogP contribution in [0.25, 0.3) is 0 Å². The Morgan fingerprint density at radius 1 is 0.500 bits per heavy atom. The molecule has 4 aromatic carbocycles. The quantitative estimate of drug-likeness (QED) is 0.142. The summed E-state index contributed by atoms with van der Waals surface area (Å²) in [7, 11) is 1.66. The number of ether oxygens (including phenoxy) is 5. The third kappa shape index (κ3) is 10.5. The number of aliphatic hydroxyl groups is 1. The van der Waals surface area contributed by atoms with E-state index in [1.807, 2.05) is 121 Å². The van der Waals surface area contributed by atoms with E-state index in [1.165, 1.54) is 0 Å². The first-order valence-corrected chi connectivity index (χ1v) is 14.5. The second-order valence-electron chi connectivity index (χ2n) is 10.1. The van der Waals surface area contributed by atoms with Crippen LogP contribution in [-0.2, 0) is 50.1 Å². The lowest BCUT2D eigenvalue weighted by Crippen LogP contribution is -2.51. The number of methoxy groups -OCH3 is 1. The third-order valence-corrected chi connectivity index (χ3v) is 7.04. The van der Waals surface area contributed by atoms with E-state index >= 15 is 0 Å². The number of hydrogen-bond donors (Lipinski definition) is 1. The van der Waals surface area contributed by atoms with Gasteiger partial charge in [0.15, 0.2) is 0 Å². The van der Waals surface area contributed by atoms with E-state index < -0.39 is 24.4 Å². The first-order valence-electron chi connectivity index (χ1n) is 14.5. The van der Waals surface area contributed by atoms with Crippen molar-refractivity contribution in [3.05, 3.63) is 144 Å². The number of aliphatic hydroxyl groups excluding tert-OH is 1. The summed E-state index contributed by atoms with van der Waals surface area (Å²) in [6.07, 6.45) is -1.66. The van der Waals surface area contributed by atoms with Crippen LogP contribution in [0, 0.1) is 0 Å². The summed E-state index contributed by atoms with van der Waals surface area (Å²) in [6.45, 7) is 1.78. The van der Waals surface area contributed by atoms with Gasteiger partial charge < -0.3 is 28.8 Å². The SMILES string of the molecule is CO[C@H](COCc1ccccc1)[C@H](OCc1ccccc1)[C@H](OCc1ccccc1)[C@H](CCO)OCc1ccccc1. The topological polar surface area (TPSA) is 66.4 Å². The zero-order chi connectivity index (χ0) is 29.2. The molecule has 0 saturated carbocycles. The van der Waals surface area contributed by atoms with Crippen LogP contribution in [0.2, 0.25) is 0 Å². The van der Waals surface area contributed by atoms with Gasteiger partial charge in [0.25, 0.3) is 0 Å². The zero-order valence-electron chi connectivity index (χ0n) is 24.3. The summed E-state index contributed by atoms with van der Waals surface area (Å²) < 4.78 is 31.9. The van der Waals surface area contributed by atoms with Crippen molar-refractivity contribution in [2.45, 2.75) is 57.3 Å². The van der Waals surface area contributed by atoms with Gasteiger partial charge in [-0.05, 0) is 28.7 Å². The monoisotopic (exact) mass is 570 g/mol. The van der Waals surface area contributed by atoms with Crippen molar-refractivity contribution in [2.24, 2.45) is 0 Å². The lowest BCUT2D eigenvalue weighted by atomic mass is 9.99. The Hall–Kier alpha value is -3.36. The van der Waals surface area contributed by atoms with Gasteiger partial charge in [-0.25, -0.2) is 0 Å². The van der Waals surface area contributed by atoms with Gasteiger partial charge in [0.1, 0.15) is 18.3 Å². The molecule has 0 aromatic heterocycles. The summed E-state index contributed by atoms with van der Waals surface area (Å²) in [6, 6.07) is 40.1. The first-order chi connectivity index (χ1) is 20.8. The maximum atomic E-state index is 10.1. The van der Waals surface area contributed by atoms with Crippen molar-refractivity contribution < 1.29 is 28.8 Å². The first kappa shape index (κ1) is 31.6. The molecule has 0 aliphatic heterocycles. The van der Waals surface area contributed by atoms with E-state index in [2.05, 4.69) is 0 Å². The summed E-state index contributed by atoms with van der Waals surface area (Å²) >= 11 is 0. The molecule has 4 atom stereocenters. The highest BCUT2D eigenvalue weighted by atomic mass is 16.6. The fraction of sp³-hybridized carbons (Fsp3) is 0.333. The highest BCUT2D eigenvalue weighted by Crippen LogP contribution is 2.24. The Kier molecular flexibility index (Phi) is 13.7. The Morgan fingerprint density at radius 3 is 1.29 bits per heavy atom. The summed E-state index contributed by atoms with van der Waals surface area (Å²) in [4.78, 5) is 0. The van der Waals surface area contributed by atoms with Crippen molar-refractivity contribution in [3.8, 4) is 0 Å². The van der Waals surface area contributed by atoms with E-state index in [0.717, 1.165) is 22.3 Å². The molecule has 0 saturated heterocycles. The molecule has 0 heterocycles. The fourth-order valence-corrected chi connectivity index (χ4v) is 4.77. The molecule has 0 spiro atoms. The van der Waals surface area contributed by atoms with Crippen molar-refractivity contribution >= 4 is 0 Å². The summed E-state index contributed by atoms with van der Waals surface area (Å²) in [5, 5.41) is 10.1. The Bertz CT molecular complexity index is 1220. The highest BCUT2D eigenvalue weighted by molar-refractivity contribution is 5.16. The van der Waals surface area contributed by atoms with Gasteiger partial charge in [0, 0.05) is 13.7 Å². The van der Waals surface area contributed by atoms with E-state index in [-0.39, 0.29) is 6.61 Å². The minimum Gasteiger partial charge on any atom is -0.396 e. The van der Waals surface area contributed by atoms with Gasteiger partial charge >= 0.3 is 0 Å². The van der Waals surface area contributed by atoms with E-state index in [0.29, 0.717) is 39.5 Å². The van der Waals surface area contributed by atoms with Crippen LogP contribution < -0.4 is 0 Å². The fourth-order valence-electron chi connectivity index (χ4n) is 4.77. The molecule has 222 valence electrons. The molecule has 0 amide bonds. The number of hydrogen-bond acceptors (Lipinski definition) is 6. The Balaban J connectivity index is 1.59. The Labute approximate surface area is 249 Å². The zero-order valence-corrected chi connectivity index (χ0v) is 24.3. The summed E-state index contributed by atoms with van der Waals surface area (Å²) in [5.41, 5.74) is 4.19. The molecule has 1 N–H and O–H groups in total. The van der Waals surface area contributed by atoms with Crippen molar-refractivity contribution in [3.63, 3.8) is 0 Å². The minimum absolute atomic E-state index is 0.0573. The second kappa shape index (κ2) is 18.2. The summed E-state index contributed by atoms with van der Waals surface area (Å²) in [5.74, 6) is 0. The third-order valence-electron chi connectivity index (χ3n) is 7.04. The lowest BCUT2D eigenvalue weighted by Gasteiger charge is -2.37. The van der Waals surface area contributed by atoms with Crippen LogP contribution in [0.15, 0.2) is 121 Å². The molecule has 6 nitrogen and oxygen atoms in total. The average Bonchev–Trinajstić information content (AvgIpc) is 3.05. The average molecular weight is 571 g/mol. The molecule has 6 heteroatoms. The molecule has 0 aliphatic rings. The maximum Gasteiger partial charge on any atom is 0.115 e. The molecule has 0 aliphatic carbocycles. The molecule has 42 heavy (non-hydrogen) atoms. The van der Waals surface area contributed by atoms with E-state index in [9.17, 15) is 5.11 Å². The van der Waals surface area contributed by atoms with E-state index in [1.54, 1.807) is 7.11 Å². The smallest absolute Gasteiger partial charge is 0.115 e. The van der Waals surface area contributed by atoms with Crippen molar-refractivity contribution in [1.82, 2.24) is 0 Å². The predicted octanol–water partition coefficient (Wildman–Crippen LogP) is 6.36. The Morgan fingerprint density at radius 2 is 0.881 bits per heavy atom. The van der Waals surface area contributed by atoms with Gasteiger partial charge in [-0.2, -0.15) is 0 Å². The van der Waals surface area contributed by atoms with Gasteiger partial charge in [0.2, 0.25) is 0 Å². The van der Waals surface area contributed by atoms with Gasteiger partial charge in [-0.1, -0.05) is 121 Å². The van der Waals surface area contributed by atoms with Gasteiger partial charge in [-0.3, -0.25) is 0 Å². The molecule has 0 radical (unpaired) electrons. The number of rotatable bonds is 19. The molecular weight excluding hydrogens is 528 g/mol. The molecule has 4 aromatic rings. The van der Waals surface area contributed by atoms with Crippen molar-refractivity contribution in [2.75, 3.05) is 20.3 Å². The number of benzene rings is 4. The van der Waals surface area contributed by atoms with Gasteiger partial charge in [-0.15, -0.1) is 0 Å². The second-order valence-corrected chi connectivity index (χ2v) is 10.1. The predicted molar refractivity (Wildman–Crippen MR) is 164 cm³/mol. The highest BCUT2D eigenvalue weighted by Gasteiger charge is 2.38. The van der Waals surface area contributed by atoms with Crippen LogP contribution >= 0.6 is 0 Å². The van der Waals surface area contributed by atoms with Crippen LogP contribution in [0.3, 0.4) is 0 Å². The van der Waals surface area contributed by atoms with Crippen LogP contribution in [0.5, 0.6) is 0 Å². The minimum atomic E-state index is -0.560. The normalized spacial score (nSPS) is 14.2. The van der Waals surface area contributed by atoms with Crippen LogP contribution in [0.1, 0.15) is 28.7 Å².